The number of likely N-dealkylation sites (N-methyl/N-ethyl adjacent to an activating group) is 1. The molecule has 9 atom stereocenters. The molecule has 0 spiro atoms. The van der Waals surface area contributed by atoms with Crippen molar-refractivity contribution in [3.05, 3.63) is 84.1 Å². The van der Waals surface area contributed by atoms with Crippen molar-refractivity contribution in [2.75, 3.05) is 26.2 Å². The van der Waals surface area contributed by atoms with Crippen LogP contribution < -0.4 is 58.9 Å². The Morgan fingerprint density at radius 3 is 1.84 bits per heavy atom. The minimum atomic E-state index is -1.75. The number of nitrogens with zero attached hydrogens (tertiary/aromatic N) is 2. The Hall–Kier alpha value is -8.79. The third-order valence-corrected chi connectivity index (χ3v) is 14.9. The van der Waals surface area contributed by atoms with Crippen LogP contribution in [-0.4, -0.2) is 176 Å². The molecule has 0 unspecified atom stereocenters. The van der Waals surface area contributed by atoms with Gasteiger partial charge in [-0.05, 0) is 93.0 Å². The fourth-order valence-electron chi connectivity index (χ4n) is 10.5. The first kappa shape index (κ1) is 70.0. The predicted molar refractivity (Wildman–Crippen MR) is 327 cm³/mol. The lowest BCUT2D eigenvalue weighted by atomic mass is 9.98. The molecule has 2 aliphatic rings. The van der Waals surface area contributed by atoms with Crippen molar-refractivity contribution in [2.24, 2.45) is 17.6 Å². The van der Waals surface area contributed by atoms with Crippen molar-refractivity contribution in [2.45, 2.75) is 160 Å². The van der Waals surface area contributed by atoms with Crippen molar-refractivity contribution in [3.8, 4) is 5.75 Å². The zero-order valence-corrected chi connectivity index (χ0v) is 51.0. The summed E-state index contributed by atoms with van der Waals surface area (Å²) < 4.78 is 0. The summed E-state index contributed by atoms with van der Waals surface area (Å²) in [5.41, 5.74) is 7.69. The fraction of sp³-hybridized carbons (Fsp3) is 0.525. The van der Waals surface area contributed by atoms with Crippen LogP contribution in [0.5, 0.6) is 5.75 Å². The highest BCUT2D eigenvalue weighted by atomic mass is 35.5. The van der Waals surface area contributed by atoms with E-state index in [1.807, 2.05) is 19.9 Å². The zero-order chi connectivity index (χ0) is 63.3. The average molecular weight is 1250 g/mol. The van der Waals surface area contributed by atoms with E-state index in [9.17, 15) is 58.2 Å². The number of aromatic hydroxyl groups is 1. The molecule has 29 heteroatoms. The molecule has 17 N–H and O–H groups in total. The highest BCUT2D eigenvalue weighted by Crippen LogP contribution is 2.22. The number of H-pyrrole nitrogens is 2. The van der Waals surface area contributed by atoms with Gasteiger partial charge in [0.05, 0.1) is 12.9 Å². The molecule has 2 aliphatic heterocycles. The van der Waals surface area contributed by atoms with Gasteiger partial charge in [-0.15, -0.1) is 12.4 Å². The van der Waals surface area contributed by atoms with Gasteiger partial charge in [-0.3, -0.25) is 53.4 Å². The second kappa shape index (κ2) is 33.9. The first-order chi connectivity index (χ1) is 41.5. The summed E-state index contributed by atoms with van der Waals surface area (Å²) in [5, 5.41) is 56.1. The number of likely N-dealkylation sites (tertiary alicyclic amines) is 1. The van der Waals surface area contributed by atoms with Gasteiger partial charge in [0.25, 0.3) is 0 Å². The van der Waals surface area contributed by atoms with Crippen molar-refractivity contribution >= 4 is 88.3 Å². The van der Waals surface area contributed by atoms with Gasteiger partial charge in [-0.1, -0.05) is 58.0 Å². The number of imidazole rings is 1. The quantitative estimate of drug-likeness (QED) is 0.0162. The van der Waals surface area contributed by atoms with Crippen LogP contribution in [0.25, 0.3) is 10.9 Å². The van der Waals surface area contributed by atoms with Crippen molar-refractivity contribution in [1.82, 2.24) is 73.0 Å². The molecule has 10 amide bonds. The molecule has 4 heterocycles. The maximum atomic E-state index is 14.7. The fourth-order valence-corrected chi connectivity index (χ4v) is 10.5. The number of amides is 10. The molecule has 480 valence electrons. The Kier molecular flexibility index (Phi) is 27.0. The number of nitrogens with two attached hydrogens (primary N) is 1. The molecular weight excluding hydrogens is 1160 g/mol. The summed E-state index contributed by atoms with van der Waals surface area (Å²) in [5.74, 6) is -7.69. The van der Waals surface area contributed by atoms with Gasteiger partial charge in [-0.2, -0.15) is 0 Å². The van der Waals surface area contributed by atoms with Crippen LogP contribution in [0.2, 0.25) is 0 Å². The van der Waals surface area contributed by atoms with Crippen molar-refractivity contribution in [3.63, 3.8) is 0 Å². The number of aliphatic hydroxyl groups excluding tert-OH is 1. The molecular formula is C59H85ClN16O12. The number of para-hydroxylation sites is 1. The van der Waals surface area contributed by atoms with E-state index in [1.165, 1.54) is 41.7 Å². The normalized spacial score (nSPS) is 17.0. The third-order valence-electron chi connectivity index (χ3n) is 14.9. The summed E-state index contributed by atoms with van der Waals surface area (Å²) >= 11 is 0. The number of halogens is 1. The average Bonchev–Trinajstić information content (AvgIpc) is 4.29. The van der Waals surface area contributed by atoms with Gasteiger partial charge in [-0.25, -0.2) is 4.98 Å². The van der Waals surface area contributed by atoms with Gasteiger partial charge >= 0.3 is 0 Å². The lowest BCUT2D eigenvalue weighted by Gasteiger charge is -2.31. The van der Waals surface area contributed by atoms with Gasteiger partial charge < -0.3 is 84.0 Å². The molecule has 6 rings (SSSR count). The molecule has 4 aromatic rings. The number of phenolic OH excluding ortho intramolecular Hbond substituents is 1. The largest absolute Gasteiger partial charge is 0.508 e. The summed E-state index contributed by atoms with van der Waals surface area (Å²) in [6, 6.07) is 1.56. The number of aromatic nitrogens is 3. The molecule has 0 aliphatic carbocycles. The summed E-state index contributed by atoms with van der Waals surface area (Å²) in [7, 11) is 0. The number of benzene rings is 2. The maximum Gasteiger partial charge on any atom is 0.245 e. The number of nitrogens with one attached hydrogen (secondary N) is 13. The summed E-state index contributed by atoms with van der Waals surface area (Å²) in [6.45, 7) is 8.87. The van der Waals surface area contributed by atoms with E-state index in [-0.39, 0.29) is 112 Å². The number of guanidine groups is 1. The van der Waals surface area contributed by atoms with Crippen molar-refractivity contribution in [1.29, 1.82) is 5.41 Å². The smallest absolute Gasteiger partial charge is 0.245 e. The van der Waals surface area contributed by atoms with Gasteiger partial charge in [0.2, 0.25) is 59.1 Å². The maximum absolute atomic E-state index is 14.7. The van der Waals surface area contributed by atoms with E-state index in [2.05, 4.69) is 68.1 Å². The van der Waals surface area contributed by atoms with Gasteiger partial charge in [0.15, 0.2) is 5.96 Å². The predicted octanol–water partition coefficient (Wildman–Crippen LogP) is -0.807. The van der Waals surface area contributed by atoms with Crippen LogP contribution >= 0.6 is 12.4 Å². The van der Waals surface area contributed by atoms with E-state index in [0.717, 1.165) is 5.52 Å². The third kappa shape index (κ3) is 20.7. The van der Waals surface area contributed by atoms with Crippen LogP contribution in [0.1, 0.15) is 103 Å². The molecule has 0 bridgehead atoms. The van der Waals surface area contributed by atoms with Gasteiger partial charge in [0.1, 0.15) is 60.1 Å². The Balaban J connectivity index is 0.0000141. The Labute approximate surface area is 516 Å². The summed E-state index contributed by atoms with van der Waals surface area (Å²) in [4.78, 5) is 151. The first-order valence-electron chi connectivity index (χ1n) is 29.5. The van der Waals surface area contributed by atoms with Gasteiger partial charge in [0, 0.05) is 74.3 Å². The lowest BCUT2D eigenvalue weighted by Crippen LogP contribution is -2.61. The van der Waals surface area contributed by atoms with E-state index < -0.39 is 108 Å². The molecule has 2 fully saturated rings. The molecule has 28 nitrogen and oxygen atoms in total. The molecule has 2 aromatic carbocycles. The molecule has 0 radical (unpaired) electrons. The monoisotopic (exact) mass is 1240 g/mol. The zero-order valence-electron chi connectivity index (χ0n) is 50.2. The number of rotatable bonds is 32. The second-order valence-corrected chi connectivity index (χ2v) is 22.8. The summed E-state index contributed by atoms with van der Waals surface area (Å²) in [6.07, 6.45) is 5.81. The number of phenols is 1. The number of hydrogen-bond donors (Lipinski definition) is 16. The Bertz CT molecular complexity index is 3050. The van der Waals surface area contributed by atoms with Crippen LogP contribution in [-0.2, 0) is 67.2 Å². The Morgan fingerprint density at radius 1 is 0.705 bits per heavy atom. The van der Waals surface area contributed by atoms with Crippen LogP contribution in [0.4, 0.5) is 0 Å². The SMILES string of the molecule is CCNC(=O)[C@@H]1CCCN1C(=O)[C@H](CCCNC(=N)N)NC(=O)[C@H](CC(C)C)NC(=O)[C@@H](CC(C)C)NC(=O)[C@H](Cc1ccc(O)cc1)NC(=O)[C@H](CO)NC(=O)[C@H](Cc1c[nH]c2ccccc12)NC(=O)[C@H](Cc1cnc[nH]1)NC(=O)[C@@H]1CCC(=O)N1.Cl. The standard InChI is InChI=1S/C59H84N16O12.ClH/c1-6-63-57(86)48-14-10-22-75(48)58(87)41(13-9-21-64-59(60)61)68-51(80)42(23-32(2)3)69-52(81)43(24-33(4)5)70-53(82)44(25-34-15-17-37(77)18-16-34)71-56(85)47(30-76)74-54(83)45(26-35-28-65-39-12-8-7-11-38(35)39)72-55(84)46(27-36-29-62-31-66-36)73-50(79)40-19-20-49(78)67-40;/h7-8,11-12,15-18,28-29,31-33,40-48,65,76-77H,6,9-10,13-14,19-27,30H2,1-5H3,(H,62,66)(H,63,86)(H,67,78)(H,68,80)(H,69,81)(H,70,82)(H,71,85)(H,72,84)(H,73,79)(H,74,83)(H4,60,61,64);1H/t40-,41-,42-,43+,44-,45-,46-,47-,48-;/m0./s1. The number of carbonyl (C=O) groups is 10. The first-order valence-corrected chi connectivity index (χ1v) is 29.5. The molecule has 2 saturated heterocycles. The van der Waals surface area contributed by atoms with E-state index in [4.69, 9.17) is 11.1 Å². The highest BCUT2D eigenvalue weighted by molar-refractivity contribution is 5.99. The van der Waals surface area contributed by atoms with E-state index >= 15 is 0 Å². The Morgan fingerprint density at radius 2 is 1.27 bits per heavy atom. The number of hydrogen-bond acceptors (Lipinski definition) is 14. The van der Waals surface area contributed by atoms with Crippen molar-refractivity contribution < 1.29 is 58.2 Å². The van der Waals surface area contributed by atoms with E-state index in [1.54, 1.807) is 45.2 Å². The van der Waals surface area contributed by atoms with E-state index in [0.29, 0.717) is 48.0 Å². The topological polar surface area (TPSA) is 429 Å². The molecule has 0 saturated carbocycles. The number of aromatic amines is 2. The molecule has 2 aromatic heterocycles. The van der Waals surface area contributed by atoms with Crippen LogP contribution in [0, 0.1) is 17.2 Å². The number of aliphatic hydroxyl groups is 1. The van der Waals surface area contributed by atoms with Crippen LogP contribution in [0.15, 0.2) is 67.3 Å². The second-order valence-electron chi connectivity index (χ2n) is 22.8. The van der Waals surface area contributed by atoms with Crippen LogP contribution in [0.3, 0.4) is 0 Å². The highest BCUT2D eigenvalue weighted by Gasteiger charge is 2.40. The lowest BCUT2D eigenvalue weighted by molar-refractivity contribution is -0.142. The number of carbonyl (C=O) groups excluding carboxylic acids is 10. The molecule has 88 heavy (non-hydrogen) atoms. The number of fused-ring (bicyclic) bond motifs is 1. The minimum Gasteiger partial charge on any atom is -0.508 e. The minimum absolute atomic E-state index is 0.